The molecule has 38 heavy (non-hydrogen) atoms. The van der Waals surface area contributed by atoms with Crippen LogP contribution in [0.25, 0.3) is 0 Å². The molecule has 3 aromatic carbocycles. The first kappa shape index (κ1) is 27.3. The number of carbonyl (C=O) groups is 1. The Bertz CT molecular complexity index is 1320. The summed E-state index contributed by atoms with van der Waals surface area (Å²) in [7, 11) is 0. The molecule has 0 aliphatic carbocycles. The number of aromatic nitrogens is 1. The van der Waals surface area contributed by atoms with Gasteiger partial charge in [-0.3, -0.25) is 9.59 Å². The van der Waals surface area contributed by atoms with Gasteiger partial charge in [-0.1, -0.05) is 72.8 Å². The molecular weight excluding hydrogens is 494 g/mol. The fourth-order valence-corrected chi connectivity index (χ4v) is 5.22. The maximum absolute atomic E-state index is 12.7. The highest BCUT2D eigenvalue weighted by molar-refractivity contribution is 7.99. The van der Waals surface area contributed by atoms with Gasteiger partial charge in [-0.05, 0) is 54.0 Å². The Kier molecular flexibility index (Phi) is 10.2. The maximum Gasteiger partial charge on any atom is 0.305 e. The van der Waals surface area contributed by atoms with Crippen LogP contribution in [0.15, 0.2) is 113 Å². The second kappa shape index (κ2) is 14.2. The van der Waals surface area contributed by atoms with Gasteiger partial charge in [0.15, 0.2) is 0 Å². The van der Waals surface area contributed by atoms with Crippen LogP contribution in [0.4, 0.5) is 0 Å². The molecular formula is C32H33NO4S. The van der Waals surface area contributed by atoms with Gasteiger partial charge in [0.25, 0.3) is 5.56 Å². The Morgan fingerprint density at radius 3 is 2.26 bits per heavy atom. The van der Waals surface area contributed by atoms with Gasteiger partial charge >= 0.3 is 5.97 Å². The van der Waals surface area contributed by atoms with Gasteiger partial charge in [0.05, 0.1) is 13.2 Å². The van der Waals surface area contributed by atoms with Crippen LogP contribution in [-0.4, -0.2) is 29.5 Å². The predicted octanol–water partition coefficient (Wildman–Crippen LogP) is 6.54. The quantitative estimate of drug-likeness (QED) is 0.112. The van der Waals surface area contributed by atoms with E-state index in [9.17, 15) is 9.59 Å². The number of benzene rings is 3. The van der Waals surface area contributed by atoms with E-state index in [0.29, 0.717) is 26.2 Å². The lowest BCUT2D eigenvalue weighted by atomic mass is 9.86. The Balaban J connectivity index is 1.39. The van der Waals surface area contributed by atoms with Crippen LogP contribution in [0.3, 0.4) is 0 Å². The van der Waals surface area contributed by atoms with Gasteiger partial charge in [0.2, 0.25) is 0 Å². The van der Waals surface area contributed by atoms with E-state index in [1.807, 2.05) is 79.9 Å². The van der Waals surface area contributed by atoms with Crippen LogP contribution in [0.1, 0.15) is 42.4 Å². The monoisotopic (exact) mass is 527 g/mol. The maximum atomic E-state index is 12.7. The highest BCUT2D eigenvalue weighted by Crippen LogP contribution is 2.31. The standard InChI is InChI=1S/C32H33NO4S/c1-2-36-31(35)17-10-22-38-29-16-9-15-28(23-29)37-21-20-33-24-27(18-19-30(33)34)32(25-11-5-3-6-12-25)26-13-7-4-8-14-26/h3-9,11-16,18-19,23-24,32H,2,10,17,20-22H2,1H3. The van der Waals surface area contributed by atoms with Crippen molar-refractivity contribution in [1.82, 2.24) is 4.57 Å². The van der Waals surface area contributed by atoms with Crippen molar-refractivity contribution in [3.05, 3.63) is 130 Å². The SMILES string of the molecule is CCOC(=O)CCCSc1cccc(OCCn2cc(C(c3ccccc3)c3ccccc3)ccc2=O)c1. The first-order valence-electron chi connectivity index (χ1n) is 13.0. The average Bonchev–Trinajstić information content (AvgIpc) is 2.94. The molecule has 4 aromatic rings. The summed E-state index contributed by atoms with van der Waals surface area (Å²) in [4.78, 5) is 25.2. The molecule has 5 nitrogen and oxygen atoms in total. The van der Waals surface area contributed by atoms with E-state index in [1.165, 1.54) is 11.1 Å². The number of nitrogens with zero attached hydrogens (tertiary/aromatic N) is 1. The minimum absolute atomic E-state index is 0.0303. The van der Waals surface area contributed by atoms with E-state index in [0.717, 1.165) is 28.4 Å². The van der Waals surface area contributed by atoms with E-state index in [-0.39, 0.29) is 17.4 Å². The first-order valence-corrected chi connectivity index (χ1v) is 13.9. The first-order chi connectivity index (χ1) is 18.6. The molecule has 1 heterocycles. The smallest absolute Gasteiger partial charge is 0.305 e. The van der Waals surface area contributed by atoms with Gasteiger partial charge in [-0.15, -0.1) is 11.8 Å². The van der Waals surface area contributed by atoms with Crippen molar-refractivity contribution in [3.63, 3.8) is 0 Å². The molecule has 196 valence electrons. The molecule has 0 spiro atoms. The molecule has 0 amide bonds. The molecule has 0 saturated heterocycles. The molecule has 0 aliphatic heterocycles. The van der Waals surface area contributed by atoms with Crippen LogP contribution in [0.5, 0.6) is 5.75 Å². The van der Waals surface area contributed by atoms with Crippen molar-refractivity contribution in [2.45, 2.75) is 37.1 Å². The fraction of sp³-hybridized carbons (Fsp3) is 0.250. The van der Waals surface area contributed by atoms with Crippen LogP contribution in [0, 0.1) is 0 Å². The summed E-state index contributed by atoms with van der Waals surface area (Å²) in [5.74, 6) is 1.47. The van der Waals surface area contributed by atoms with Gasteiger partial charge in [0, 0.05) is 29.5 Å². The van der Waals surface area contributed by atoms with Crippen molar-refractivity contribution >= 4 is 17.7 Å². The molecule has 1 aromatic heterocycles. The lowest BCUT2D eigenvalue weighted by Gasteiger charge is -2.20. The van der Waals surface area contributed by atoms with E-state index >= 15 is 0 Å². The van der Waals surface area contributed by atoms with Crippen LogP contribution < -0.4 is 10.3 Å². The van der Waals surface area contributed by atoms with Crippen LogP contribution >= 0.6 is 11.8 Å². The van der Waals surface area contributed by atoms with Gasteiger partial charge in [0.1, 0.15) is 12.4 Å². The minimum atomic E-state index is -0.150. The second-order valence-electron chi connectivity index (χ2n) is 8.83. The average molecular weight is 528 g/mol. The summed E-state index contributed by atoms with van der Waals surface area (Å²) in [5, 5.41) is 0. The second-order valence-corrected chi connectivity index (χ2v) is 10.00. The van der Waals surface area contributed by atoms with Crippen molar-refractivity contribution < 1.29 is 14.3 Å². The van der Waals surface area contributed by atoms with Gasteiger partial charge in [-0.2, -0.15) is 0 Å². The summed E-state index contributed by atoms with van der Waals surface area (Å²) in [6.45, 7) is 3.06. The predicted molar refractivity (Wildman–Crippen MR) is 153 cm³/mol. The Morgan fingerprint density at radius 2 is 1.58 bits per heavy atom. The van der Waals surface area contributed by atoms with Crippen LogP contribution in [-0.2, 0) is 16.1 Å². The molecule has 0 radical (unpaired) electrons. The minimum Gasteiger partial charge on any atom is -0.492 e. The Labute approximate surface area is 228 Å². The Hall–Kier alpha value is -3.77. The normalized spacial score (nSPS) is 10.9. The number of thioether (sulfide) groups is 1. The third-order valence-corrected chi connectivity index (χ3v) is 7.19. The van der Waals surface area contributed by atoms with Crippen molar-refractivity contribution in [3.8, 4) is 5.75 Å². The number of pyridine rings is 1. The highest BCUT2D eigenvalue weighted by atomic mass is 32.2. The van der Waals surface area contributed by atoms with Crippen molar-refractivity contribution in [2.75, 3.05) is 19.0 Å². The molecule has 4 rings (SSSR count). The van der Waals surface area contributed by atoms with Crippen LogP contribution in [0.2, 0.25) is 0 Å². The lowest BCUT2D eigenvalue weighted by molar-refractivity contribution is -0.143. The number of hydrogen-bond acceptors (Lipinski definition) is 5. The third kappa shape index (κ3) is 7.86. The van der Waals surface area contributed by atoms with Crippen molar-refractivity contribution in [1.29, 1.82) is 0 Å². The van der Waals surface area contributed by atoms with Gasteiger partial charge in [-0.25, -0.2) is 0 Å². The molecule has 0 atom stereocenters. The largest absolute Gasteiger partial charge is 0.492 e. The zero-order chi connectivity index (χ0) is 26.6. The zero-order valence-corrected chi connectivity index (χ0v) is 22.4. The molecule has 0 fully saturated rings. The number of hydrogen-bond donors (Lipinski definition) is 0. The number of ether oxygens (including phenoxy) is 2. The topological polar surface area (TPSA) is 57.5 Å². The summed E-state index contributed by atoms with van der Waals surface area (Å²) in [5.41, 5.74) is 3.36. The molecule has 0 unspecified atom stereocenters. The summed E-state index contributed by atoms with van der Waals surface area (Å²) >= 11 is 1.68. The number of rotatable bonds is 13. The summed E-state index contributed by atoms with van der Waals surface area (Å²) in [6.07, 6.45) is 3.15. The van der Waals surface area contributed by atoms with E-state index in [1.54, 1.807) is 22.4 Å². The zero-order valence-electron chi connectivity index (χ0n) is 21.6. The third-order valence-electron chi connectivity index (χ3n) is 6.11. The van der Waals surface area contributed by atoms with E-state index < -0.39 is 0 Å². The molecule has 0 saturated carbocycles. The Morgan fingerprint density at radius 1 is 0.868 bits per heavy atom. The van der Waals surface area contributed by atoms with Crippen molar-refractivity contribution in [2.24, 2.45) is 0 Å². The highest BCUT2D eigenvalue weighted by Gasteiger charge is 2.17. The summed E-state index contributed by atoms with van der Waals surface area (Å²) < 4.78 is 12.7. The molecule has 0 N–H and O–H groups in total. The van der Waals surface area contributed by atoms with Gasteiger partial charge < -0.3 is 14.0 Å². The summed E-state index contributed by atoms with van der Waals surface area (Å²) in [6, 6.07) is 32.2. The number of carbonyl (C=O) groups excluding carboxylic acids is 1. The molecule has 0 aliphatic rings. The number of esters is 1. The van der Waals surface area contributed by atoms with E-state index in [2.05, 4.69) is 24.3 Å². The fourth-order valence-electron chi connectivity index (χ4n) is 4.32. The molecule has 6 heteroatoms. The lowest BCUT2D eigenvalue weighted by Crippen LogP contribution is -2.23. The van der Waals surface area contributed by atoms with E-state index in [4.69, 9.17) is 9.47 Å². The molecule has 0 bridgehead atoms.